The lowest BCUT2D eigenvalue weighted by Crippen LogP contribution is -2.11. The fraction of sp³-hybridized carbons (Fsp3) is 0.111. The van der Waals surface area contributed by atoms with E-state index < -0.39 is 0 Å². The molecule has 2 N–H and O–H groups in total. The zero-order valence-corrected chi connectivity index (χ0v) is 13.8. The Morgan fingerprint density at radius 2 is 2.12 bits per heavy atom. The van der Waals surface area contributed by atoms with Gasteiger partial charge in [0.1, 0.15) is 11.4 Å². The van der Waals surface area contributed by atoms with Crippen LogP contribution in [-0.2, 0) is 0 Å². The van der Waals surface area contributed by atoms with E-state index in [0.29, 0.717) is 17.4 Å². The molecule has 0 aliphatic carbocycles. The Morgan fingerprint density at radius 1 is 1.25 bits per heavy atom. The molecule has 0 atom stereocenters. The van der Waals surface area contributed by atoms with Gasteiger partial charge in [0.15, 0.2) is 5.13 Å². The van der Waals surface area contributed by atoms with Gasteiger partial charge in [0.05, 0.1) is 16.8 Å². The minimum absolute atomic E-state index is 0.199. The van der Waals surface area contributed by atoms with Crippen molar-refractivity contribution < 1.29 is 9.53 Å². The lowest BCUT2D eigenvalue weighted by Gasteiger charge is -2.00. The SMILES string of the molecule is CCOc1ccc2nc(NC(=O)c3cc4ccccc4[nH]3)sc2c1. The molecule has 0 aliphatic heterocycles. The molecule has 0 saturated carbocycles. The number of nitrogens with zero attached hydrogens (tertiary/aromatic N) is 1. The maximum absolute atomic E-state index is 12.4. The molecule has 2 aromatic carbocycles. The fourth-order valence-corrected chi connectivity index (χ4v) is 3.46. The average molecular weight is 337 g/mol. The lowest BCUT2D eigenvalue weighted by molar-refractivity contribution is 0.102. The molecule has 0 unspecified atom stereocenters. The van der Waals surface area contributed by atoms with E-state index in [1.165, 1.54) is 11.3 Å². The van der Waals surface area contributed by atoms with Crippen LogP contribution >= 0.6 is 11.3 Å². The number of nitrogens with one attached hydrogen (secondary N) is 2. The maximum atomic E-state index is 12.4. The summed E-state index contributed by atoms with van der Waals surface area (Å²) in [6.07, 6.45) is 0. The van der Waals surface area contributed by atoms with E-state index in [2.05, 4.69) is 15.3 Å². The van der Waals surface area contributed by atoms with E-state index in [-0.39, 0.29) is 5.91 Å². The van der Waals surface area contributed by atoms with Crippen molar-refractivity contribution >= 4 is 43.5 Å². The molecule has 0 fully saturated rings. The van der Waals surface area contributed by atoms with Crippen molar-refractivity contribution in [1.82, 2.24) is 9.97 Å². The summed E-state index contributed by atoms with van der Waals surface area (Å²) >= 11 is 1.43. The summed E-state index contributed by atoms with van der Waals surface area (Å²) in [6, 6.07) is 15.4. The first-order valence-corrected chi connectivity index (χ1v) is 8.47. The molecule has 6 heteroatoms. The number of aromatic amines is 1. The number of fused-ring (bicyclic) bond motifs is 2. The summed E-state index contributed by atoms with van der Waals surface area (Å²) < 4.78 is 6.47. The van der Waals surface area contributed by atoms with E-state index in [1.54, 1.807) is 0 Å². The van der Waals surface area contributed by atoms with Crippen LogP contribution in [0, 0.1) is 0 Å². The van der Waals surface area contributed by atoms with E-state index in [0.717, 1.165) is 26.9 Å². The molecule has 0 bridgehead atoms. The Bertz CT molecular complexity index is 1000. The van der Waals surface area contributed by atoms with Crippen molar-refractivity contribution in [2.75, 3.05) is 11.9 Å². The second-order valence-electron chi connectivity index (χ2n) is 5.31. The lowest BCUT2D eigenvalue weighted by atomic mass is 10.2. The molecule has 0 saturated heterocycles. The van der Waals surface area contributed by atoms with Gasteiger partial charge < -0.3 is 9.72 Å². The molecule has 4 rings (SSSR count). The minimum Gasteiger partial charge on any atom is -0.494 e. The highest BCUT2D eigenvalue weighted by Crippen LogP contribution is 2.29. The first kappa shape index (κ1) is 14.7. The van der Waals surface area contributed by atoms with Crippen molar-refractivity contribution in [3.8, 4) is 5.75 Å². The Balaban J connectivity index is 1.59. The van der Waals surface area contributed by atoms with Gasteiger partial charge in [0, 0.05) is 10.9 Å². The largest absolute Gasteiger partial charge is 0.494 e. The minimum atomic E-state index is -0.199. The van der Waals surface area contributed by atoms with Crippen molar-refractivity contribution in [2.45, 2.75) is 6.92 Å². The number of ether oxygens (including phenoxy) is 1. The fourth-order valence-electron chi connectivity index (χ4n) is 2.58. The van der Waals surface area contributed by atoms with E-state index >= 15 is 0 Å². The smallest absolute Gasteiger partial charge is 0.273 e. The average Bonchev–Trinajstić information content (AvgIpc) is 3.17. The predicted octanol–water partition coefficient (Wildman–Crippen LogP) is 4.43. The van der Waals surface area contributed by atoms with Crippen LogP contribution in [0.2, 0.25) is 0 Å². The third kappa shape index (κ3) is 2.72. The Morgan fingerprint density at radius 3 is 2.96 bits per heavy atom. The van der Waals surface area contributed by atoms with Crippen LogP contribution in [-0.4, -0.2) is 22.5 Å². The van der Waals surface area contributed by atoms with Crippen LogP contribution in [0.5, 0.6) is 5.75 Å². The first-order valence-electron chi connectivity index (χ1n) is 7.65. The number of carbonyl (C=O) groups excluding carboxylic acids is 1. The van der Waals surface area contributed by atoms with Crippen LogP contribution in [0.25, 0.3) is 21.1 Å². The molecule has 1 amide bonds. The van der Waals surface area contributed by atoms with Gasteiger partial charge in [-0.15, -0.1) is 0 Å². The molecule has 24 heavy (non-hydrogen) atoms. The van der Waals surface area contributed by atoms with Gasteiger partial charge in [0.2, 0.25) is 0 Å². The standard InChI is InChI=1S/C18H15N3O2S/c1-2-23-12-7-8-14-16(10-12)24-18(20-14)21-17(22)15-9-11-5-3-4-6-13(11)19-15/h3-10,19H,2H2,1H3,(H,20,21,22). The molecule has 120 valence electrons. The molecule has 0 aliphatic rings. The molecule has 0 radical (unpaired) electrons. The number of aromatic nitrogens is 2. The number of anilines is 1. The van der Waals surface area contributed by atoms with Gasteiger partial charge in [-0.05, 0) is 37.3 Å². The predicted molar refractivity (Wildman–Crippen MR) is 97.0 cm³/mol. The molecule has 5 nitrogen and oxygen atoms in total. The number of carbonyl (C=O) groups is 1. The van der Waals surface area contributed by atoms with Crippen molar-refractivity contribution in [3.63, 3.8) is 0 Å². The number of hydrogen-bond acceptors (Lipinski definition) is 4. The van der Waals surface area contributed by atoms with Crippen molar-refractivity contribution in [1.29, 1.82) is 0 Å². The number of amides is 1. The van der Waals surface area contributed by atoms with Crippen LogP contribution in [0.15, 0.2) is 48.5 Å². The van der Waals surface area contributed by atoms with Gasteiger partial charge >= 0.3 is 0 Å². The van der Waals surface area contributed by atoms with Crippen LogP contribution in [0.4, 0.5) is 5.13 Å². The molecule has 2 heterocycles. The summed E-state index contributed by atoms with van der Waals surface area (Å²) in [5.41, 5.74) is 2.30. The number of thiazole rings is 1. The summed E-state index contributed by atoms with van der Waals surface area (Å²) in [7, 11) is 0. The van der Waals surface area contributed by atoms with E-state index in [4.69, 9.17) is 4.74 Å². The van der Waals surface area contributed by atoms with Crippen LogP contribution in [0.1, 0.15) is 17.4 Å². The van der Waals surface area contributed by atoms with Gasteiger partial charge in [-0.2, -0.15) is 0 Å². The monoisotopic (exact) mass is 337 g/mol. The van der Waals surface area contributed by atoms with Crippen molar-refractivity contribution in [2.24, 2.45) is 0 Å². The summed E-state index contributed by atoms with van der Waals surface area (Å²) in [5, 5.41) is 4.44. The molecule has 2 aromatic heterocycles. The molecule has 4 aromatic rings. The van der Waals surface area contributed by atoms with Gasteiger partial charge in [-0.3, -0.25) is 10.1 Å². The van der Waals surface area contributed by atoms with Crippen LogP contribution < -0.4 is 10.1 Å². The van der Waals surface area contributed by atoms with Crippen LogP contribution in [0.3, 0.4) is 0 Å². The maximum Gasteiger partial charge on any atom is 0.273 e. The topological polar surface area (TPSA) is 67.0 Å². The summed E-state index contributed by atoms with van der Waals surface area (Å²) in [6.45, 7) is 2.57. The Hall–Kier alpha value is -2.86. The number of rotatable bonds is 4. The molecular weight excluding hydrogens is 322 g/mol. The zero-order valence-electron chi connectivity index (χ0n) is 13.0. The number of H-pyrrole nitrogens is 1. The highest BCUT2D eigenvalue weighted by atomic mass is 32.1. The van der Waals surface area contributed by atoms with Gasteiger partial charge in [-0.25, -0.2) is 4.98 Å². The van der Waals surface area contributed by atoms with E-state index in [1.807, 2.05) is 55.5 Å². The van der Waals surface area contributed by atoms with Crippen molar-refractivity contribution in [3.05, 3.63) is 54.2 Å². The summed E-state index contributed by atoms with van der Waals surface area (Å²) in [5.74, 6) is 0.609. The van der Waals surface area contributed by atoms with Gasteiger partial charge in [-0.1, -0.05) is 29.5 Å². The Labute approximate surface area is 142 Å². The normalized spacial score (nSPS) is 11.0. The second-order valence-corrected chi connectivity index (χ2v) is 6.34. The first-order chi connectivity index (χ1) is 11.7. The number of hydrogen-bond donors (Lipinski definition) is 2. The van der Waals surface area contributed by atoms with E-state index in [9.17, 15) is 4.79 Å². The molecule has 0 spiro atoms. The molecular formula is C18H15N3O2S. The number of benzene rings is 2. The second kappa shape index (κ2) is 5.98. The van der Waals surface area contributed by atoms with Gasteiger partial charge in [0.25, 0.3) is 5.91 Å². The summed E-state index contributed by atoms with van der Waals surface area (Å²) in [4.78, 5) is 20.0. The third-order valence-electron chi connectivity index (χ3n) is 3.67. The Kier molecular flexibility index (Phi) is 3.66. The number of para-hydroxylation sites is 1. The third-order valence-corrected chi connectivity index (χ3v) is 4.60. The highest BCUT2D eigenvalue weighted by Gasteiger charge is 2.12. The quantitative estimate of drug-likeness (QED) is 0.579. The zero-order chi connectivity index (χ0) is 16.5. The highest BCUT2D eigenvalue weighted by molar-refractivity contribution is 7.22.